The van der Waals surface area contributed by atoms with Gasteiger partial charge in [0.25, 0.3) is 5.97 Å². The molecule has 0 amide bonds. The molecule has 3 nitrogen and oxygen atoms in total. The Morgan fingerprint density at radius 1 is 0.654 bits per heavy atom. The molecule has 0 aliphatic carbocycles. The van der Waals surface area contributed by atoms with Gasteiger partial charge in [0.05, 0.1) is 0 Å². The van der Waals surface area contributed by atoms with E-state index < -0.39 is 5.97 Å². The molecule has 0 fully saturated rings. The zero-order valence-corrected chi connectivity index (χ0v) is 20.0. The molecular formula is C22H49O3P. The highest BCUT2D eigenvalue weighted by molar-refractivity contribution is 7.37. The molecule has 1 atom stereocenters. The smallest absolute Gasteiger partial charge is 0.285 e. The van der Waals surface area contributed by atoms with Gasteiger partial charge < -0.3 is 14.2 Å². The largest absolute Gasteiger partial charge is 0.328 e. The first kappa shape index (κ1) is 28.5. The van der Waals surface area contributed by atoms with E-state index in [-0.39, 0.29) is 0 Å². The van der Waals surface area contributed by atoms with E-state index in [1.165, 1.54) is 59.4 Å². The Kier molecular flexibility index (Phi) is 23.7. The second-order valence-corrected chi connectivity index (χ2v) is 8.44. The maximum Gasteiger partial charge on any atom is 0.285 e. The summed E-state index contributed by atoms with van der Waals surface area (Å²) < 4.78 is 17.7. The zero-order valence-electron chi connectivity index (χ0n) is 19.0. The summed E-state index contributed by atoms with van der Waals surface area (Å²) in [5.74, 6) is -0.528. The van der Waals surface area contributed by atoms with Gasteiger partial charge in [-0.25, -0.2) is 0 Å². The first-order valence-corrected chi connectivity index (χ1v) is 12.7. The van der Waals surface area contributed by atoms with Crippen LogP contribution in [-0.2, 0) is 14.2 Å². The lowest BCUT2D eigenvalue weighted by molar-refractivity contribution is -0.402. The molecule has 0 aliphatic heterocycles. The van der Waals surface area contributed by atoms with Gasteiger partial charge in [0, 0.05) is 25.7 Å². The third kappa shape index (κ3) is 14.4. The molecule has 0 N–H and O–H groups in total. The van der Waals surface area contributed by atoms with Crippen molar-refractivity contribution in [1.82, 2.24) is 0 Å². The minimum atomic E-state index is -0.837. The maximum atomic E-state index is 5.91. The predicted molar refractivity (Wildman–Crippen MR) is 119 cm³/mol. The van der Waals surface area contributed by atoms with Crippen LogP contribution in [-0.4, -0.2) is 38.1 Å². The van der Waals surface area contributed by atoms with Crippen LogP contribution in [0.5, 0.6) is 0 Å². The van der Waals surface area contributed by atoms with E-state index in [4.69, 9.17) is 14.2 Å². The number of unbranched alkanes of at least 4 members (excludes halogenated alkanes) is 5. The lowest BCUT2D eigenvalue weighted by atomic mass is 9.95. The Labute approximate surface area is 167 Å². The van der Waals surface area contributed by atoms with Gasteiger partial charge in [-0.1, -0.05) is 66.2 Å². The van der Waals surface area contributed by atoms with E-state index >= 15 is 0 Å². The van der Waals surface area contributed by atoms with Crippen LogP contribution in [0.25, 0.3) is 0 Å². The van der Waals surface area contributed by atoms with Gasteiger partial charge in [-0.15, -0.1) is 8.58 Å². The molecule has 1 unspecified atom stereocenters. The van der Waals surface area contributed by atoms with Crippen LogP contribution in [0.4, 0.5) is 0 Å². The fraction of sp³-hybridized carbons (Fsp3) is 1.00. The molecular weight excluding hydrogens is 343 g/mol. The normalized spacial score (nSPS) is 12.6. The van der Waals surface area contributed by atoms with Crippen LogP contribution in [0.1, 0.15) is 99.8 Å². The molecule has 4 heteroatoms. The van der Waals surface area contributed by atoms with Gasteiger partial charge in [-0.3, -0.25) is 0 Å². The van der Waals surface area contributed by atoms with Crippen molar-refractivity contribution in [1.29, 1.82) is 0 Å². The van der Waals surface area contributed by atoms with Crippen LogP contribution in [0.2, 0.25) is 0 Å². The van der Waals surface area contributed by atoms with Crippen molar-refractivity contribution < 1.29 is 14.2 Å². The van der Waals surface area contributed by atoms with Crippen molar-refractivity contribution in [2.45, 2.75) is 106 Å². The molecule has 160 valence electrons. The summed E-state index contributed by atoms with van der Waals surface area (Å²) in [6.07, 6.45) is 12.8. The first-order valence-electron chi connectivity index (χ1n) is 11.2. The van der Waals surface area contributed by atoms with Crippen LogP contribution in [0.3, 0.4) is 0 Å². The van der Waals surface area contributed by atoms with Gasteiger partial charge in [-0.05, 0) is 45.9 Å². The summed E-state index contributed by atoms with van der Waals surface area (Å²) in [7, 11) is 1.20. The Hall–Kier alpha value is 0.310. The highest BCUT2D eigenvalue weighted by atomic mass is 31.1. The maximum absolute atomic E-state index is 5.91. The third-order valence-corrected chi connectivity index (χ3v) is 5.44. The number of hydrogen-bond donors (Lipinski definition) is 0. The van der Waals surface area contributed by atoms with E-state index in [2.05, 4.69) is 27.7 Å². The number of ether oxygens (including phenoxy) is 3. The SMILES string of the molecule is CCCCCCCCC(CC)C(OCC)(OCC)OCC.CCPCC. The monoisotopic (exact) mass is 392 g/mol. The number of hydrogen-bond acceptors (Lipinski definition) is 3. The quantitative estimate of drug-likeness (QED) is 0.148. The highest BCUT2D eigenvalue weighted by Gasteiger charge is 2.40. The molecule has 0 spiro atoms. The van der Waals surface area contributed by atoms with E-state index in [1.54, 1.807) is 0 Å². The Balaban J connectivity index is 0. The molecule has 26 heavy (non-hydrogen) atoms. The Morgan fingerprint density at radius 2 is 1.12 bits per heavy atom. The summed E-state index contributed by atoms with van der Waals surface area (Å²) in [5, 5.41) is 0. The highest BCUT2D eigenvalue weighted by Crippen LogP contribution is 2.32. The molecule has 0 bridgehead atoms. The molecule has 0 rings (SSSR count). The first-order chi connectivity index (χ1) is 12.6. The summed E-state index contributed by atoms with van der Waals surface area (Å²) in [6, 6.07) is 0. The standard InChI is InChI=1S/C18H38O3.C4H11P/c1-6-11-12-13-14-15-16-17(7-2)18(19-8-3,20-9-4)21-10-5;1-3-5-4-2/h17H,6-16H2,1-5H3;5H,3-4H2,1-2H3. The van der Waals surface area contributed by atoms with Crippen molar-refractivity contribution >= 4 is 8.58 Å². The second kappa shape index (κ2) is 21.6. The van der Waals surface area contributed by atoms with Crippen molar-refractivity contribution in [2.75, 3.05) is 32.1 Å². The Morgan fingerprint density at radius 3 is 1.46 bits per heavy atom. The summed E-state index contributed by atoms with van der Waals surface area (Å²) >= 11 is 0. The van der Waals surface area contributed by atoms with E-state index in [9.17, 15) is 0 Å². The number of rotatable bonds is 17. The van der Waals surface area contributed by atoms with Gasteiger partial charge in [0.2, 0.25) is 0 Å². The van der Waals surface area contributed by atoms with Crippen molar-refractivity contribution in [3.8, 4) is 0 Å². The van der Waals surface area contributed by atoms with E-state index in [0.717, 1.165) is 12.8 Å². The van der Waals surface area contributed by atoms with Crippen molar-refractivity contribution in [2.24, 2.45) is 5.92 Å². The Bertz CT molecular complexity index is 243. The molecule has 0 saturated heterocycles. The van der Waals surface area contributed by atoms with Crippen LogP contribution >= 0.6 is 8.58 Å². The summed E-state index contributed by atoms with van der Waals surface area (Å²) in [5.41, 5.74) is 0. The molecule has 0 aromatic rings. The average Bonchev–Trinajstić information content (AvgIpc) is 2.63. The van der Waals surface area contributed by atoms with Crippen molar-refractivity contribution in [3.63, 3.8) is 0 Å². The third-order valence-electron chi connectivity index (χ3n) is 4.44. The predicted octanol–water partition coefficient (Wildman–Crippen LogP) is 7.23. The fourth-order valence-corrected chi connectivity index (χ4v) is 3.63. The lowest BCUT2D eigenvalue weighted by Crippen LogP contribution is -2.46. The van der Waals surface area contributed by atoms with Crippen LogP contribution < -0.4 is 0 Å². The van der Waals surface area contributed by atoms with E-state index in [1.807, 2.05) is 20.8 Å². The molecule has 0 aromatic heterocycles. The van der Waals surface area contributed by atoms with Crippen LogP contribution in [0.15, 0.2) is 0 Å². The van der Waals surface area contributed by atoms with Gasteiger partial charge >= 0.3 is 0 Å². The van der Waals surface area contributed by atoms with E-state index in [0.29, 0.717) is 25.7 Å². The minimum Gasteiger partial charge on any atom is -0.328 e. The summed E-state index contributed by atoms with van der Waals surface area (Å²) in [4.78, 5) is 0. The summed E-state index contributed by atoms with van der Waals surface area (Å²) in [6.45, 7) is 16.8. The topological polar surface area (TPSA) is 27.7 Å². The lowest BCUT2D eigenvalue weighted by Gasteiger charge is -2.38. The van der Waals surface area contributed by atoms with Crippen LogP contribution in [0, 0.1) is 5.92 Å². The minimum absolute atomic E-state index is 0.309. The van der Waals surface area contributed by atoms with Gasteiger partial charge in [0.1, 0.15) is 0 Å². The fourth-order valence-electron chi connectivity index (χ4n) is 3.13. The molecule has 0 saturated carbocycles. The zero-order chi connectivity index (χ0) is 20.1. The van der Waals surface area contributed by atoms with Gasteiger partial charge in [0.15, 0.2) is 0 Å². The molecule has 0 aromatic carbocycles. The second-order valence-electron chi connectivity index (χ2n) is 6.52. The van der Waals surface area contributed by atoms with Gasteiger partial charge in [-0.2, -0.15) is 0 Å². The average molecular weight is 393 g/mol. The van der Waals surface area contributed by atoms with Crippen molar-refractivity contribution in [3.05, 3.63) is 0 Å². The molecule has 0 radical (unpaired) electrons. The molecule has 0 heterocycles. The molecule has 0 aliphatic rings.